The van der Waals surface area contributed by atoms with Crippen LogP contribution in [0.25, 0.3) is 0 Å². The molecule has 7 unspecified atom stereocenters. The van der Waals surface area contributed by atoms with Gasteiger partial charge in [0.1, 0.15) is 5.84 Å². The molecular weight excluding hydrogens is 538 g/mol. The Morgan fingerprint density at radius 3 is 2.64 bits per heavy atom. The molecule has 0 spiro atoms. The molecule has 7 aliphatic rings. The van der Waals surface area contributed by atoms with Gasteiger partial charge in [0.05, 0.1) is 18.2 Å². The third-order valence-electron chi connectivity index (χ3n) is 11.5. The lowest BCUT2D eigenvalue weighted by molar-refractivity contribution is 0.212. The first kappa shape index (κ1) is 28.2. The van der Waals surface area contributed by atoms with E-state index < -0.39 is 6.10 Å². The number of hydrogen-bond acceptors (Lipinski definition) is 4. The highest BCUT2D eigenvalue weighted by molar-refractivity contribution is 6.13. The molecule has 1 N–H and O–H groups in total. The summed E-state index contributed by atoms with van der Waals surface area (Å²) >= 11 is 0. The molecule has 0 saturated carbocycles. The van der Waals surface area contributed by atoms with Crippen molar-refractivity contribution in [2.24, 2.45) is 33.7 Å². The van der Waals surface area contributed by atoms with E-state index in [4.69, 9.17) is 9.98 Å². The molecule has 0 bridgehead atoms. The summed E-state index contributed by atoms with van der Waals surface area (Å²) in [6.07, 6.45) is 33.5. The van der Waals surface area contributed by atoms with Gasteiger partial charge in [-0.1, -0.05) is 65.8 Å². The Labute approximate surface area is 263 Å². The molecular formula is C40H47N3O. The maximum Gasteiger partial charge on any atom is 0.134 e. The summed E-state index contributed by atoms with van der Waals surface area (Å²) in [5, 5.41) is 11.6. The molecule has 0 radical (unpaired) electrons. The Kier molecular flexibility index (Phi) is 7.88. The van der Waals surface area contributed by atoms with Crippen molar-refractivity contribution in [3.05, 3.63) is 101 Å². The molecule has 228 valence electrons. The Balaban J connectivity index is 1.18. The third-order valence-corrected chi connectivity index (χ3v) is 11.5. The Bertz CT molecular complexity index is 1500. The van der Waals surface area contributed by atoms with Gasteiger partial charge in [0, 0.05) is 29.1 Å². The molecule has 2 heterocycles. The second-order valence-corrected chi connectivity index (χ2v) is 14.2. The summed E-state index contributed by atoms with van der Waals surface area (Å²) in [6, 6.07) is 11.1. The van der Waals surface area contributed by atoms with Gasteiger partial charge in [0.25, 0.3) is 0 Å². The summed E-state index contributed by atoms with van der Waals surface area (Å²) in [6.45, 7) is 0. The van der Waals surface area contributed by atoms with Crippen LogP contribution in [0.1, 0.15) is 83.5 Å². The van der Waals surface area contributed by atoms with Crippen molar-refractivity contribution in [1.29, 1.82) is 0 Å². The average molecular weight is 586 g/mol. The number of benzene rings is 1. The third kappa shape index (κ3) is 5.34. The number of fused-ring (bicyclic) bond motifs is 1. The molecule has 44 heavy (non-hydrogen) atoms. The summed E-state index contributed by atoms with van der Waals surface area (Å²) in [7, 11) is 0. The van der Waals surface area contributed by atoms with Crippen molar-refractivity contribution in [1.82, 2.24) is 0 Å². The Hall–Kier alpha value is -3.24. The van der Waals surface area contributed by atoms with Gasteiger partial charge in [-0.05, 0) is 125 Å². The summed E-state index contributed by atoms with van der Waals surface area (Å²) in [5.41, 5.74) is 8.20. The first-order valence-electron chi connectivity index (χ1n) is 17.5. The maximum absolute atomic E-state index is 11.6. The van der Waals surface area contributed by atoms with Crippen LogP contribution >= 0.6 is 0 Å². The van der Waals surface area contributed by atoms with Crippen LogP contribution in [0.5, 0.6) is 0 Å². The van der Waals surface area contributed by atoms with E-state index in [2.05, 4.69) is 77.8 Å². The first-order chi connectivity index (χ1) is 21.7. The van der Waals surface area contributed by atoms with Gasteiger partial charge in [-0.2, -0.15) is 0 Å². The van der Waals surface area contributed by atoms with Gasteiger partial charge in [-0.3, -0.25) is 9.98 Å². The number of rotatable bonds is 5. The van der Waals surface area contributed by atoms with E-state index in [9.17, 15) is 5.11 Å². The Morgan fingerprint density at radius 2 is 1.80 bits per heavy atom. The van der Waals surface area contributed by atoms with E-state index in [-0.39, 0.29) is 12.1 Å². The SMILES string of the molecule is OC1CC2=C(C=C1C1=NC3C(C4C=C(C5C=CCCC5)CC(C5=NC=CCC5)C4)CC=CC3N1c1ccccc1)CCCC2. The highest BCUT2D eigenvalue weighted by Gasteiger charge is 2.47. The van der Waals surface area contributed by atoms with Crippen LogP contribution in [0, 0.1) is 23.7 Å². The van der Waals surface area contributed by atoms with Gasteiger partial charge >= 0.3 is 0 Å². The summed E-state index contributed by atoms with van der Waals surface area (Å²) in [4.78, 5) is 13.1. The largest absolute Gasteiger partial charge is 0.388 e. The van der Waals surface area contributed by atoms with E-state index in [0.29, 0.717) is 23.7 Å². The predicted octanol–water partition coefficient (Wildman–Crippen LogP) is 8.84. The molecule has 0 aromatic heterocycles. The predicted molar refractivity (Wildman–Crippen MR) is 182 cm³/mol. The van der Waals surface area contributed by atoms with Crippen LogP contribution in [0.3, 0.4) is 0 Å². The zero-order valence-electron chi connectivity index (χ0n) is 26.0. The van der Waals surface area contributed by atoms with Crippen LogP contribution in [-0.2, 0) is 0 Å². The van der Waals surface area contributed by atoms with Crippen molar-refractivity contribution < 1.29 is 5.11 Å². The highest BCUT2D eigenvalue weighted by atomic mass is 16.3. The Morgan fingerprint density at radius 1 is 0.886 bits per heavy atom. The molecule has 1 aromatic carbocycles. The molecule has 0 fully saturated rings. The molecule has 0 saturated heterocycles. The van der Waals surface area contributed by atoms with Gasteiger partial charge in [0.15, 0.2) is 0 Å². The van der Waals surface area contributed by atoms with Crippen molar-refractivity contribution in [2.45, 2.75) is 102 Å². The minimum atomic E-state index is -0.486. The molecule has 7 atom stereocenters. The number of allylic oxidation sites excluding steroid dienone is 8. The van der Waals surface area contributed by atoms with Crippen molar-refractivity contribution >= 4 is 17.2 Å². The van der Waals surface area contributed by atoms with E-state index in [1.165, 1.54) is 61.1 Å². The zero-order chi connectivity index (χ0) is 29.5. The number of amidine groups is 1. The van der Waals surface area contributed by atoms with Gasteiger partial charge in [0.2, 0.25) is 0 Å². The lowest BCUT2D eigenvalue weighted by atomic mass is 9.67. The van der Waals surface area contributed by atoms with Crippen LogP contribution in [0.2, 0.25) is 0 Å². The number of hydrogen-bond donors (Lipinski definition) is 1. The fraction of sp³-hybridized carbons (Fsp3) is 0.500. The number of aliphatic hydroxyl groups excluding tert-OH is 1. The molecule has 8 rings (SSSR count). The van der Waals surface area contributed by atoms with Crippen molar-refractivity contribution in [2.75, 3.05) is 4.90 Å². The zero-order valence-corrected chi connectivity index (χ0v) is 26.0. The monoisotopic (exact) mass is 585 g/mol. The average Bonchev–Trinajstić information content (AvgIpc) is 3.48. The van der Waals surface area contributed by atoms with Crippen LogP contribution in [0.15, 0.2) is 111 Å². The quantitative estimate of drug-likeness (QED) is 0.351. The lowest BCUT2D eigenvalue weighted by Crippen LogP contribution is -2.46. The van der Waals surface area contributed by atoms with Gasteiger partial charge in [-0.25, -0.2) is 0 Å². The van der Waals surface area contributed by atoms with E-state index in [1.807, 2.05) is 6.20 Å². The lowest BCUT2D eigenvalue weighted by Gasteiger charge is -2.41. The number of aliphatic imine (C=N–C) groups is 2. The summed E-state index contributed by atoms with van der Waals surface area (Å²) < 4.78 is 0. The molecule has 4 nitrogen and oxygen atoms in total. The summed E-state index contributed by atoms with van der Waals surface area (Å²) in [5.74, 6) is 3.02. The van der Waals surface area contributed by atoms with Gasteiger partial charge < -0.3 is 10.0 Å². The smallest absolute Gasteiger partial charge is 0.134 e. The number of para-hydroxylation sites is 1. The number of aliphatic hydroxyl groups is 1. The number of anilines is 1. The fourth-order valence-corrected chi connectivity index (χ4v) is 9.29. The normalized spacial score (nSPS) is 35.0. The first-order valence-corrected chi connectivity index (χ1v) is 17.5. The van der Waals surface area contributed by atoms with E-state index in [0.717, 1.165) is 56.4 Å². The second kappa shape index (κ2) is 12.3. The fourth-order valence-electron chi connectivity index (χ4n) is 9.29. The number of nitrogens with zero attached hydrogens (tertiary/aromatic N) is 3. The molecule has 5 aliphatic carbocycles. The minimum absolute atomic E-state index is 0.168. The molecule has 0 amide bonds. The van der Waals surface area contributed by atoms with Crippen LogP contribution in [0.4, 0.5) is 5.69 Å². The van der Waals surface area contributed by atoms with E-state index in [1.54, 1.807) is 5.57 Å². The molecule has 4 heteroatoms. The molecule has 1 aromatic rings. The molecule has 2 aliphatic heterocycles. The maximum atomic E-state index is 11.6. The highest BCUT2D eigenvalue weighted by Crippen LogP contribution is 2.47. The van der Waals surface area contributed by atoms with Crippen molar-refractivity contribution in [3.63, 3.8) is 0 Å². The topological polar surface area (TPSA) is 48.2 Å². The van der Waals surface area contributed by atoms with Gasteiger partial charge in [-0.15, -0.1) is 0 Å². The van der Waals surface area contributed by atoms with Crippen molar-refractivity contribution in [3.8, 4) is 0 Å². The van der Waals surface area contributed by atoms with Crippen LogP contribution in [-0.4, -0.2) is 34.8 Å². The minimum Gasteiger partial charge on any atom is -0.388 e. The second-order valence-electron chi connectivity index (χ2n) is 14.2. The van der Waals surface area contributed by atoms with E-state index >= 15 is 0 Å². The standard InChI is InChI=1S/C40H47N3O/c44-38-26-29-15-8-7-14-28(29)25-35(38)40-42-39-34(18-11-20-37(39)43(40)33-16-5-2-6-17-33)31-22-30(27-12-3-1-4-13-27)23-32(24-31)36-19-9-10-21-41-36/h2-3,5-6,10-12,16-17,20-22,25,27,31-32,34,37-39,44H,1,4,7-9,13-15,18-19,23-24,26H2. The van der Waals surface area contributed by atoms with Crippen LogP contribution < -0.4 is 4.90 Å².